The predicted octanol–water partition coefficient (Wildman–Crippen LogP) is -0.698. The number of rotatable bonds is 2. The Morgan fingerprint density at radius 2 is 2.07 bits per heavy atom. The molecule has 2 heterocycles. The Morgan fingerprint density at radius 1 is 1.27 bits per heavy atom. The van der Waals surface area contributed by atoms with Crippen LogP contribution < -0.4 is 10.6 Å². The van der Waals surface area contributed by atoms with Gasteiger partial charge in [-0.1, -0.05) is 0 Å². The molecular weight excluding hydrogens is 220 g/mol. The van der Waals surface area contributed by atoms with Crippen molar-refractivity contribution in [2.24, 2.45) is 0 Å². The van der Waals surface area contributed by atoms with E-state index >= 15 is 0 Å². The van der Waals surface area contributed by atoms with Crippen molar-refractivity contribution in [1.29, 1.82) is 0 Å². The Labute approximate surface area is 95.3 Å². The number of carbonyl (C=O) groups excluding carboxylic acids is 1. The van der Waals surface area contributed by atoms with E-state index in [4.69, 9.17) is 9.47 Å². The van der Waals surface area contributed by atoms with Gasteiger partial charge in [0, 0.05) is 13.2 Å². The van der Waals surface area contributed by atoms with Gasteiger partial charge in [-0.25, -0.2) is 0 Å². The Hall–Kier alpha value is -0.360. The average Bonchev–Trinajstić information content (AvgIpc) is 2.72. The van der Waals surface area contributed by atoms with Crippen molar-refractivity contribution >= 4 is 18.3 Å². The second-order valence-electron chi connectivity index (χ2n) is 3.65. The SMILES string of the molecule is Cl.O=C(NC1CCOC1)C1COCCN1. The van der Waals surface area contributed by atoms with Gasteiger partial charge < -0.3 is 20.1 Å². The van der Waals surface area contributed by atoms with Crippen molar-refractivity contribution in [2.75, 3.05) is 33.0 Å². The van der Waals surface area contributed by atoms with Crippen molar-refractivity contribution in [2.45, 2.75) is 18.5 Å². The van der Waals surface area contributed by atoms with E-state index in [9.17, 15) is 4.79 Å². The lowest BCUT2D eigenvalue weighted by molar-refractivity contribution is -0.126. The molecule has 0 bridgehead atoms. The van der Waals surface area contributed by atoms with Crippen LogP contribution in [0.5, 0.6) is 0 Å². The Morgan fingerprint density at radius 3 is 2.67 bits per heavy atom. The quantitative estimate of drug-likeness (QED) is 0.666. The third-order valence-electron chi connectivity index (χ3n) is 2.51. The highest BCUT2D eigenvalue weighted by atomic mass is 35.5. The van der Waals surface area contributed by atoms with Gasteiger partial charge in [-0.15, -0.1) is 12.4 Å². The second kappa shape index (κ2) is 6.27. The highest BCUT2D eigenvalue weighted by molar-refractivity contribution is 5.85. The molecule has 0 radical (unpaired) electrons. The van der Waals surface area contributed by atoms with Crippen LogP contribution in [0.4, 0.5) is 0 Å². The number of carbonyl (C=O) groups is 1. The Bertz CT molecular complexity index is 204. The molecule has 0 aromatic heterocycles. The van der Waals surface area contributed by atoms with Crippen molar-refractivity contribution < 1.29 is 14.3 Å². The van der Waals surface area contributed by atoms with Crippen LogP contribution >= 0.6 is 12.4 Å². The zero-order valence-electron chi connectivity index (χ0n) is 8.53. The van der Waals surface area contributed by atoms with Gasteiger partial charge in [0.05, 0.1) is 25.9 Å². The maximum absolute atomic E-state index is 11.6. The first-order valence-electron chi connectivity index (χ1n) is 5.05. The standard InChI is InChI=1S/C9H16N2O3.ClH/c12-9(8-6-14-4-2-10-8)11-7-1-3-13-5-7;/h7-8,10H,1-6H2,(H,11,12);1H. The number of hydrogen-bond acceptors (Lipinski definition) is 4. The molecule has 5 nitrogen and oxygen atoms in total. The molecule has 0 aromatic rings. The van der Waals surface area contributed by atoms with E-state index in [1.807, 2.05) is 0 Å². The third kappa shape index (κ3) is 3.61. The first kappa shape index (κ1) is 12.7. The molecule has 1 amide bonds. The molecule has 2 N–H and O–H groups in total. The maximum atomic E-state index is 11.6. The lowest BCUT2D eigenvalue weighted by atomic mass is 10.2. The molecule has 0 aromatic carbocycles. The van der Waals surface area contributed by atoms with Gasteiger partial charge in [0.15, 0.2) is 0 Å². The van der Waals surface area contributed by atoms with Gasteiger partial charge in [-0.05, 0) is 6.42 Å². The third-order valence-corrected chi connectivity index (χ3v) is 2.51. The predicted molar refractivity (Wildman–Crippen MR) is 57.2 cm³/mol. The van der Waals surface area contributed by atoms with Crippen LogP contribution in [0.15, 0.2) is 0 Å². The first-order valence-corrected chi connectivity index (χ1v) is 5.05. The topological polar surface area (TPSA) is 59.6 Å². The largest absolute Gasteiger partial charge is 0.379 e. The molecule has 15 heavy (non-hydrogen) atoms. The van der Waals surface area contributed by atoms with E-state index in [1.54, 1.807) is 0 Å². The molecule has 6 heteroatoms. The Balaban J connectivity index is 0.00000112. The van der Waals surface area contributed by atoms with E-state index in [0.717, 1.165) is 19.6 Å². The number of halogens is 1. The number of amides is 1. The van der Waals surface area contributed by atoms with E-state index in [0.29, 0.717) is 19.8 Å². The monoisotopic (exact) mass is 236 g/mol. The fourth-order valence-corrected chi connectivity index (χ4v) is 1.68. The summed E-state index contributed by atoms with van der Waals surface area (Å²) in [6, 6.07) is -0.00410. The lowest BCUT2D eigenvalue weighted by Gasteiger charge is -2.24. The van der Waals surface area contributed by atoms with Gasteiger partial charge in [0.1, 0.15) is 6.04 Å². The molecule has 2 fully saturated rings. The molecule has 0 aliphatic carbocycles. The number of ether oxygens (including phenoxy) is 2. The molecule has 2 aliphatic rings. The zero-order valence-corrected chi connectivity index (χ0v) is 9.35. The summed E-state index contributed by atoms with van der Waals surface area (Å²) in [5, 5.41) is 6.06. The minimum atomic E-state index is -0.190. The van der Waals surface area contributed by atoms with Gasteiger partial charge >= 0.3 is 0 Å². The molecule has 2 saturated heterocycles. The van der Waals surface area contributed by atoms with Crippen LogP contribution in [0.3, 0.4) is 0 Å². The summed E-state index contributed by atoms with van der Waals surface area (Å²) in [7, 11) is 0. The molecule has 0 spiro atoms. The van der Waals surface area contributed by atoms with Crippen LogP contribution in [0.2, 0.25) is 0 Å². The van der Waals surface area contributed by atoms with Gasteiger partial charge in [-0.3, -0.25) is 4.79 Å². The summed E-state index contributed by atoms with van der Waals surface area (Å²) in [5.41, 5.74) is 0. The highest BCUT2D eigenvalue weighted by Gasteiger charge is 2.25. The van der Waals surface area contributed by atoms with E-state index in [2.05, 4.69) is 10.6 Å². The molecular formula is C9H17ClN2O3. The molecule has 0 saturated carbocycles. The number of nitrogens with one attached hydrogen (secondary N) is 2. The van der Waals surface area contributed by atoms with Crippen LogP contribution in [-0.4, -0.2) is 51.0 Å². The summed E-state index contributed by atoms with van der Waals surface area (Å²) in [4.78, 5) is 11.6. The van der Waals surface area contributed by atoms with Gasteiger partial charge in [0.25, 0.3) is 0 Å². The Kier molecular flexibility index (Phi) is 5.31. The average molecular weight is 237 g/mol. The lowest BCUT2D eigenvalue weighted by Crippen LogP contribution is -2.53. The van der Waals surface area contributed by atoms with Crippen LogP contribution in [0.1, 0.15) is 6.42 Å². The molecule has 2 unspecified atom stereocenters. The fraction of sp³-hybridized carbons (Fsp3) is 0.889. The maximum Gasteiger partial charge on any atom is 0.239 e. The fourth-order valence-electron chi connectivity index (χ4n) is 1.68. The highest BCUT2D eigenvalue weighted by Crippen LogP contribution is 2.04. The van der Waals surface area contributed by atoms with E-state index in [-0.39, 0.29) is 30.4 Å². The summed E-state index contributed by atoms with van der Waals surface area (Å²) in [6.45, 7) is 3.30. The smallest absolute Gasteiger partial charge is 0.239 e. The number of morpholine rings is 1. The molecule has 2 rings (SSSR count). The van der Waals surface area contributed by atoms with Crippen molar-refractivity contribution in [1.82, 2.24) is 10.6 Å². The first-order chi connectivity index (χ1) is 6.86. The van der Waals surface area contributed by atoms with Crippen LogP contribution in [0, 0.1) is 0 Å². The molecule has 88 valence electrons. The molecule has 2 aliphatic heterocycles. The normalized spacial score (nSPS) is 30.7. The van der Waals surface area contributed by atoms with Crippen molar-refractivity contribution in [3.63, 3.8) is 0 Å². The number of hydrogen-bond donors (Lipinski definition) is 2. The summed E-state index contributed by atoms with van der Waals surface area (Å²) in [5.74, 6) is 0.0280. The van der Waals surface area contributed by atoms with Gasteiger partial charge in [0.2, 0.25) is 5.91 Å². The van der Waals surface area contributed by atoms with E-state index < -0.39 is 0 Å². The minimum Gasteiger partial charge on any atom is -0.379 e. The summed E-state index contributed by atoms with van der Waals surface area (Å²) in [6.07, 6.45) is 0.916. The summed E-state index contributed by atoms with van der Waals surface area (Å²) < 4.78 is 10.4. The van der Waals surface area contributed by atoms with Crippen LogP contribution in [0.25, 0.3) is 0 Å². The van der Waals surface area contributed by atoms with Crippen molar-refractivity contribution in [3.05, 3.63) is 0 Å². The van der Waals surface area contributed by atoms with Crippen molar-refractivity contribution in [3.8, 4) is 0 Å². The van der Waals surface area contributed by atoms with Gasteiger partial charge in [-0.2, -0.15) is 0 Å². The zero-order chi connectivity index (χ0) is 9.80. The van der Waals surface area contributed by atoms with Crippen LogP contribution in [-0.2, 0) is 14.3 Å². The molecule has 2 atom stereocenters. The summed E-state index contributed by atoms with van der Waals surface area (Å²) >= 11 is 0. The minimum absolute atomic E-state index is 0. The second-order valence-corrected chi connectivity index (χ2v) is 3.65. The van der Waals surface area contributed by atoms with E-state index in [1.165, 1.54) is 0 Å².